The summed E-state index contributed by atoms with van der Waals surface area (Å²) in [6.07, 6.45) is 6.17. The number of ether oxygens (including phenoxy) is 1. The van der Waals surface area contributed by atoms with Crippen LogP contribution >= 0.6 is 0 Å². The third-order valence-corrected chi connectivity index (χ3v) is 5.14. The lowest BCUT2D eigenvalue weighted by molar-refractivity contribution is -0.112. The van der Waals surface area contributed by atoms with Crippen molar-refractivity contribution in [1.29, 1.82) is 0 Å². The van der Waals surface area contributed by atoms with Crippen molar-refractivity contribution >= 4 is 5.71 Å². The second-order valence-corrected chi connectivity index (χ2v) is 6.81. The molecule has 1 atom stereocenters. The molecule has 4 nitrogen and oxygen atoms in total. The lowest BCUT2D eigenvalue weighted by Crippen LogP contribution is -2.52. The van der Waals surface area contributed by atoms with E-state index in [1.165, 1.54) is 31.2 Å². The maximum atomic E-state index is 6.10. The molecule has 0 radical (unpaired) electrons. The molecule has 2 aliphatic heterocycles. The third-order valence-electron chi connectivity index (χ3n) is 5.14. The minimum Gasteiger partial charge on any atom is -0.390 e. The standard InChI is InChI=1S/C18H24N2O2/c1-2-6-15(7-3-1)17-12-16(22-19-17)13-20-10-11-21-18(14-20)8-4-5-9-18/h1-3,6-7,16H,4-5,8-14H2/t16-/m1/s1. The Bertz CT molecular complexity index is 537. The molecule has 0 bridgehead atoms. The predicted molar refractivity (Wildman–Crippen MR) is 86.1 cm³/mol. The fourth-order valence-electron chi connectivity index (χ4n) is 4.02. The van der Waals surface area contributed by atoms with Crippen LogP contribution in [0.4, 0.5) is 0 Å². The summed E-state index contributed by atoms with van der Waals surface area (Å²) in [7, 11) is 0. The lowest BCUT2D eigenvalue weighted by atomic mass is 9.99. The molecule has 1 saturated heterocycles. The summed E-state index contributed by atoms with van der Waals surface area (Å²) in [4.78, 5) is 8.20. The summed E-state index contributed by atoms with van der Waals surface area (Å²) in [6.45, 7) is 3.90. The van der Waals surface area contributed by atoms with Crippen molar-refractivity contribution in [1.82, 2.24) is 4.90 Å². The zero-order valence-electron chi connectivity index (χ0n) is 13.0. The molecule has 0 unspecified atom stereocenters. The average Bonchev–Trinajstić information content (AvgIpc) is 3.19. The Kier molecular flexibility index (Phi) is 3.89. The van der Waals surface area contributed by atoms with Gasteiger partial charge in [0.15, 0.2) is 0 Å². The first kappa shape index (κ1) is 14.2. The van der Waals surface area contributed by atoms with Crippen LogP contribution in [0.25, 0.3) is 0 Å². The van der Waals surface area contributed by atoms with Crippen molar-refractivity contribution in [3.63, 3.8) is 0 Å². The summed E-state index contributed by atoms with van der Waals surface area (Å²) in [5.74, 6) is 0. The molecule has 1 saturated carbocycles. The molecule has 4 heteroatoms. The van der Waals surface area contributed by atoms with E-state index in [1.807, 2.05) is 6.07 Å². The van der Waals surface area contributed by atoms with Crippen LogP contribution in [-0.2, 0) is 9.57 Å². The Hall–Kier alpha value is -1.39. The Balaban J connectivity index is 1.33. The van der Waals surface area contributed by atoms with Crippen LogP contribution in [0.5, 0.6) is 0 Å². The van der Waals surface area contributed by atoms with Gasteiger partial charge in [-0.3, -0.25) is 4.90 Å². The molecule has 3 aliphatic rings. The van der Waals surface area contributed by atoms with E-state index in [4.69, 9.17) is 9.57 Å². The molecule has 1 aliphatic carbocycles. The molecule has 22 heavy (non-hydrogen) atoms. The van der Waals surface area contributed by atoms with Gasteiger partial charge in [0.1, 0.15) is 6.10 Å². The lowest BCUT2D eigenvalue weighted by Gasteiger charge is -2.41. The van der Waals surface area contributed by atoms with Gasteiger partial charge < -0.3 is 9.57 Å². The van der Waals surface area contributed by atoms with E-state index < -0.39 is 0 Å². The summed E-state index contributed by atoms with van der Waals surface area (Å²) in [5, 5.41) is 4.30. The van der Waals surface area contributed by atoms with E-state index in [9.17, 15) is 0 Å². The summed E-state index contributed by atoms with van der Waals surface area (Å²) < 4.78 is 6.10. The SMILES string of the molecule is c1ccc(C2=NO[C@@H](CN3CCOC4(CCCC4)C3)C2)cc1. The van der Waals surface area contributed by atoms with Crippen LogP contribution in [-0.4, -0.2) is 48.6 Å². The molecule has 2 fully saturated rings. The van der Waals surface area contributed by atoms with Gasteiger partial charge in [-0.15, -0.1) is 0 Å². The van der Waals surface area contributed by atoms with Gasteiger partial charge in [-0.2, -0.15) is 0 Å². The molecule has 2 heterocycles. The highest BCUT2D eigenvalue weighted by Gasteiger charge is 2.40. The number of rotatable bonds is 3. The van der Waals surface area contributed by atoms with Crippen molar-refractivity contribution in [2.24, 2.45) is 5.16 Å². The highest BCUT2D eigenvalue weighted by atomic mass is 16.6. The summed E-state index contributed by atoms with van der Waals surface area (Å²) >= 11 is 0. The smallest absolute Gasteiger partial charge is 0.145 e. The predicted octanol–water partition coefficient (Wildman–Crippen LogP) is 2.82. The molecular formula is C18H24N2O2. The van der Waals surface area contributed by atoms with Gasteiger partial charge in [-0.25, -0.2) is 0 Å². The molecule has 0 aromatic heterocycles. The van der Waals surface area contributed by atoms with Crippen molar-refractivity contribution < 1.29 is 9.57 Å². The maximum absolute atomic E-state index is 6.10. The number of nitrogens with zero attached hydrogens (tertiary/aromatic N) is 2. The van der Waals surface area contributed by atoms with Gasteiger partial charge >= 0.3 is 0 Å². The number of oxime groups is 1. The van der Waals surface area contributed by atoms with E-state index >= 15 is 0 Å². The minimum atomic E-state index is 0.139. The quantitative estimate of drug-likeness (QED) is 0.861. The number of hydrogen-bond acceptors (Lipinski definition) is 4. The molecule has 118 valence electrons. The van der Waals surface area contributed by atoms with Crippen molar-refractivity contribution in [2.45, 2.75) is 43.8 Å². The van der Waals surface area contributed by atoms with E-state index in [0.29, 0.717) is 0 Å². The zero-order valence-corrected chi connectivity index (χ0v) is 13.0. The van der Waals surface area contributed by atoms with Crippen LogP contribution < -0.4 is 0 Å². The first-order valence-corrected chi connectivity index (χ1v) is 8.47. The molecule has 1 spiro atoms. The van der Waals surface area contributed by atoms with Gasteiger partial charge in [0.05, 0.1) is 17.9 Å². The van der Waals surface area contributed by atoms with Gasteiger partial charge in [0.2, 0.25) is 0 Å². The fraction of sp³-hybridized carbons (Fsp3) is 0.611. The second kappa shape index (κ2) is 6.01. The van der Waals surface area contributed by atoms with E-state index in [2.05, 4.69) is 34.3 Å². The summed E-state index contributed by atoms with van der Waals surface area (Å²) in [6, 6.07) is 10.3. The fourth-order valence-corrected chi connectivity index (χ4v) is 4.02. The van der Waals surface area contributed by atoms with Gasteiger partial charge in [-0.1, -0.05) is 48.3 Å². The number of morpholine rings is 1. The van der Waals surface area contributed by atoms with E-state index in [0.717, 1.165) is 38.4 Å². The van der Waals surface area contributed by atoms with E-state index in [-0.39, 0.29) is 11.7 Å². The topological polar surface area (TPSA) is 34.1 Å². The Morgan fingerprint density at radius 2 is 2.00 bits per heavy atom. The highest BCUT2D eigenvalue weighted by Crippen LogP contribution is 2.36. The monoisotopic (exact) mass is 300 g/mol. The van der Waals surface area contributed by atoms with Crippen LogP contribution in [0.1, 0.15) is 37.7 Å². The molecular weight excluding hydrogens is 276 g/mol. The van der Waals surface area contributed by atoms with Crippen LogP contribution in [0, 0.1) is 0 Å². The van der Waals surface area contributed by atoms with Crippen molar-refractivity contribution in [3.05, 3.63) is 35.9 Å². The number of hydrogen-bond donors (Lipinski definition) is 0. The van der Waals surface area contributed by atoms with Crippen LogP contribution in [0.3, 0.4) is 0 Å². The summed E-state index contributed by atoms with van der Waals surface area (Å²) in [5.41, 5.74) is 2.40. The van der Waals surface area contributed by atoms with Crippen molar-refractivity contribution in [3.8, 4) is 0 Å². The molecule has 0 N–H and O–H groups in total. The normalized spacial score (nSPS) is 27.8. The molecule has 0 amide bonds. The van der Waals surface area contributed by atoms with Crippen molar-refractivity contribution in [2.75, 3.05) is 26.2 Å². The molecule has 1 aromatic carbocycles. The first-order valence-electron chi connectivity index (χ1n) is 8.47. The Morgan fingerprint density at radius 1 is 1.18 bits per heavy atom. The second-order valence-electron chi connectivity index (χ2n) is 6.81. The third kappa shape index (κ3) is 2.90. The Morgan fingerprint density at radius 3 is 2.82 bits per heavy atom. The average molecular weight is 300 g/mol. The van der Waals surface area contributed by atoms with Crippen LogP contribution in [0.15, 0.2) is 35.5 Å². The van der Waals surface area contributed by atoms with E-state index in [1.54, 1.807) is 0 Å². The number of benzene rings is 1. The molecule has 4 rings (SSSR count). The maximum Gasteiger partial charge on any atom is 0.145 e. The molecule has 1 aromatic rings. The largest absolute Gasteiger partial charge is 0.390 e. The van der Waals surface area contributed by atoms with Gasteiger partial charge in [0, 0.05) is 26.1 Å². The zero-order chi connectivity index (χ0) is 14.8. The van der Waals surface area contributed by atoms with Gasteiger partial charge in [0.25, 0.3) is 0 Å². The minimum absolute atomic E-state index is 0.139. The Labute approximate surface area is 132 Å². The van der Waals surface area contributed by atoms with Crippen LogP contribution in [0.2, 0.25) is 0 Å². The first-order chi connectivity index (χ1) is 10.8. The highest BCUT2D eigenvalue weighted by molar-refractivity contribution is 6.01. The van der Waals surface area contributed by atoms with Gasteiger partial charge in [-0.05, 0) is 18.4 Å².